The molecule has 0 aromatic carbocycles. The highest BCUT2D eigenvalue weighted by Gasteiger charge is 2.29. The molecule has 1 fully saturated rings. The topological polar surface area (TPSA) is 61.8 Å². The Labute approximate surface area is 109 Å². The maximum absolute atomic E-state index is 11.6. The number of amides is 1. The van der Waals surface area contributed by atoms with Gasteiger partial charge in [-0.05, 0) is 31.7 Å². The molecule has 0 spiro atoms. The summed E-state index contributed by atoms with van der Waals surface area (Å²) in [6, 6.07) is 0.320. The summed E-state index contributed by atoms with van der Waals surface area (Å²) in [6.07, 6.45) is 3.92. The van der Waals surface area contributed by atoms with Gasteiger partial charge in [-0.25, -0.2) is 4.79 Å². The van der Waals surface area contributed by atoms with E-state index in [1.54, 1.807) is 4.90 Å². The molecule has 0 aromatic heterocycles. The molecule has 1 aliphatic rings. The molecular formula is C13H26N2O3. The molecule has 1 saturated heterocycles. The largest absolute Gasteiger partial charge is 0.453 e. The van der Waals surface area contributed by atoms with E-state index in [1.165, 1.54) is 7.11 Å². The first-order chi connectivity index (χ1) is 8.71. The summed E-state index contributed by atoms with van der Waals surface area (Å²) in [5, 5.41) is 12.2. The van der Waals surface area contributed by atoms with Crippen molar-refractivity contribution in [2.75, 3.05) is 33.4 Å². The van der Waals surface area contributed by atoms with Crippen LogP contribution in [-0.4, -0.2) is 55.5 Å². The molecule has 1 aliphatic heterocycles. The number of nitrogens with zero attached hydrogens (tertiary/aromatic N) is 1. The summed E-state index contributed by atoms with van der Waals surface area (Å²) in [7, 11) is 1.43. The summed E-state index contributed by atoms with van der Waals surface area (Å²) in [6.45, 7) is 4.69. The number of rotatable bonds is 6. The monoisotopic (exact) mass is 258 g/mol. The zero-order valence-corrected chi connectivity index (χ0v) is 11.5. The summed E-state index contributed by atoms with van der Waals surface area (Å²) < 4.78 is 4.81. The molecule has 5 heteroatoms. The molecule has 1 heterocycles. The molecule has 5 nitrogen and oxygen atoms in total. The molecule has 18 heavy (non-hydrogen) atoms. The van der Waals surface area contributed by atoms with Crippen molar-refractivity contribution in [1.29, 1.82) is 0 Å². The number of aliphatic hydroxyl groups excluding tert-OH is 1. The van der Waals surface area contributed by atoms with Crippen molar-refractivity contribution < 1.29 is 14.6 Å². The van der Waals surface area contributed by atoms with E-state index in [9.17, 15) is 4.79 Å². The van der Waals surface area contributed by atoms with Crippen molar-refractivity contribution in [2.45, 2.75) is 38.6 Å². The average molecular weight is 258 g/mol. The zero-order valence-electron chi connectivity index (χ0n) is 11.5. The molecule has 1 rings (SSSR count). The van der Waals surface area contributed by atoms with E-state index < -0.39 is 0 Å². The van der Waals surface area contributed by atoms with Gasteiger partial charge in [0.2, 0.25) is 0 Å². The molecule has 2 atom stereocenters. The van der Waals surface area contributed by atoms with Gasteiger partial charge in [0.25, 0.3) is 0 Å². The Balaban J connectivity index is 2.48. The van der Waals surface area contributed by atoms with Crippen LogP contribution in [0.3, 0.4) is 0 Å². The first-order valence-electron chi connectivity index (χ1n) is 6.88. The lowest BCUT2D eigenvalue weighted by Gasteiger charge is -2.37. The van der Waals surface area contributed by atoms with Gasteiger partial charge in [0.15, 0.2) is 0 Å². The van der Waals surface area contributed by atoms with E-state index in [0.717, 1.165) is 38.8 Å². The molecule has 0 aromatic rings. The van der Waals surface area contributed by atoms with Crippen LogP contribution in [0.4, 0.5) is 4.79 Å². The van der Waals surface area contributed by atoms with E-state index in [-0.39, 0.29) is 12.7 Å². The summed E-state index contributed by atoms with van der Waals surface area (Å²) >= 11 is 0. The predicted molar refractivity (Wildman–Crippen MR) is 70.5 cm³/mol. The van der Waals surface area contributed by atoms with Crippen LogP contribution in [0.5, 0.6) is 0 Å². The first kappa shape index (κ1) is 15.2. The maximum atomic E-state index is 11.6. The molecule has 2 N–H and O–H groups in total. The third-order valence-electron chi connectivity index (χ3n) is 3.43. The Morgan fingerprint density at radius 3 is 2.89 bits per heavy atom. The van der Waals surface area contributed by atoms with Crippen LogP contribution in [-0.2, 0) is 4.74 Å². The van der Waals surface area contributed by atoms with Crippen molar-refractivity contribution in [1.82, 2.24) is 10.2 Å². The highest BCUT2D eigenvalue weighted by molar-refractivity contribution is 5.67. The summed E-state index contributed by atoms with van der Waals surface area (Å²) in [4.78, 5) is 13.4. The lowest BCUT2D eigenvalue weighted by Crippen LogP contribution is -2.51. The van der Waals surface area contributed by atoms with Gasteiger partial charge in [-0.3, -0.25) is 0 Å². The summed E-state index contributed by atoms with van der Waals surface area (Å²) in [5.74, 6) is 0.550. The normalized spacial score (nSPS) is 24.1. The molecule has 0 radical (unpaired) electrons. The standard InChI is InChI=1S/C13H26N2O3/c1-3-5-11-8-12(14-6-4-7-16)10-15(9-11)13(17)18-2/h11-12,14,16H,3-10H2,1-2H3. The van der Waals surface area contributed by atoms with Crippen LogP contribution in [0.1, 0.15) is 32.6 Å². The van der Waals surface area contributed by atoms with Crippen molar-refractivity contribution in [3.8, 4) is 0 Å². The lowest BCUT2D eigenvalue weighted by atomic mass is 9.91. The van der Waals surface area contributed by atoms with Gasteiger partial charge in [0, 0.05) is 25.7 Å². The number of likely N-dealkylation sites (tertiary alicyclic amines) is 1. The van der Waals surface area contributed by atoms with E-state index >= 15 is 0 Å². The van der Waals surface area contributed by atoms with Gasteiger partial charge in [-0.2, -0.15) is 0 Å². The predicted octanol–water partition coefficient (Wildman–Crippen LogP) is 1.22. The molecule has 0 bridgehead atoms. The second-order valence-electron chi connectivity index (χ2n) is 4.99. The fourth-order valence-corrected chi connectivity index (χ4v) is 2.63. The Kier molecular flexibility index (Phi) is 7.05. The number of piperidine rings is 1. The molecule has 2 unspecified atom stereocenters. The van der Waals surface area contributed by atoms with Gasteiger partial charge < -0.3 is 20.1 Å². The Hall–Kier alpha value is -0.810. The first-order valence-corrected chi connectivity index (χ1v) is 6.88. The van der Waals surface area contributed by atoms with E-state index in [4.69, 9.17) is 9.84 Å². The number of hydrogen-bond acceptors (Lipinski definition) is 4. The number of ether oxygens (including phenoxy) is 1. The van der Waals surface area contributed by atoms with Crippen LogP contribution in [0.25, 0.3) is 0 Å². The molecular weight excluding hydrogens is 232 g/mol. The molecule has 0 aliphatic carbocycles. The van der Waals surface area contributed by atoms with Gasteiger partial charge in [0.1, 0.15) is 0 Å². The minimum atomic E-state index is -0.232. The Morgan fingerprint density at radius 1 is 1.50 bits per heavy atom. The highest BCUT2D eigenvalue weighted by Crippen LogP contribution is 2.21. The quantitative estimate of drug-likeness (QED) is 0.703. The smallest absolute Gasteiger partial charge is 0.409 e. The number of nitrogens with one attached hydrogen (secondary N) is 1. The van der Waals surface area contributed by atoms with Crippen molar-refractivity contribution in [3.63, 3.8) is 0 Å². The number of aliphatic hydroxyl groups is 1. The van der Waals surface area contributed by atoms with Crippen molar-refractivity contribution >= 4 is 6.09 Å². The molecule has 1 amide bonds. The fourth-order valence-electron chi connectivity index (χ4n) is 2.63. The van der Waals surface area contributed by atoms with Crippen molar-refractivity contribution in [3.05, 3.63) is 0 Å². The van der Waals surface area contributed by atoms with Gasteiger partial charge in [-0.15, -0.1) is 0 Å². The second-order valence-corrected chi connectivity index (χ2v) is 4.99. The second kappa shape index (κ2) is 8.32. The van der Waals surface area contributed by atoms with Crippen LogP contribution in [0.2, 0.25) is 0 Å². The van der Waals surface area contributed by atoms with Crippen molar-refractivity contribution in [2.24, 2.45) is 5.92 Å². The Morgan fingerprint density at radius 2 is 2.28 bits per heavy atom. The molecule has 106 valence electrons. The third kappa shape index (κ3) is 4.82. The van der Waals surface area contributed by atoms with Crippen LogP contribution >= 0.6 is 0 Å². The highest BCUT2D eigenvalue weighted by atomic mass is 16.5. The number of methoxy groups -OCH3 is 1. The fraction of sp³-hybridized carbons (Fsp3) is 0.923. The summed E-state index contributed by atoms with van der Waals surface area (Å²) in [5.41, 5.74) is 0. The molecule has 0 saturated carbocycles. The maximum Gasteiger partial charge on any atom is 0.409 e. The average Bonchev–Trinajstić information content (AvgIpc) is 2.38. The zero-order chi connectivity index (χ0) is 13.4. The third-order valence-corrected chi connectivity index (χ3v) is 3.43. The number of hydrogen-bond donors (Lipinski definition) is 2. The van der Waals surface area contributed by atoms with Crippen LogP contribution in [0, 0.1) is 5.92 Å². The minimum Gasteiger partial charge on any atom is -0.453 e. The van der Waals surface area contributed by atoms with Gasteiger partial charge in [0.05, 0.1) is 7.11 Å². The van der Waals surface area contributed by atoms with E-state index in [1.807, 2.05) is 0 Å². The van der Waals surface area contributed by atoms with Crippen LogP contribution < -0.4 is 5.32 Å². The van der Waals surface area contributed by atoms with E-state index in [2.05, 4.69) is 12.2 Å². The van der Waals surface area contributed by atoms with Gasteiger partial charge in [-0.1, -0.05) is 13.3 Å². The SMILES string of the molecule is CCCC1CC(NCCCO)CN(C(=O)OC)C1. The van der Waals surface area contributed by atoms with Gasteiger partial charge >= 0.3 is 6.09 Å². The Bertz CT molecular complexity index is 248. The van der Waals surface area contributed by atoms with Crippen LogP contribution in [0.15, 0.2) is 0 Å². The number of carbonyl (C=O) groups excluding carboxylic acids is 1. The number of carbonyl (C=O) groups is 1. The lowest BCUT2D eigenvalue weighted by molar-refractivity contribution is 0.0887. The van der Waals surface area contributed by atoms with E-state index in [0.29, 0.717) is 18.5 Å². The minimum absolute atomic E-state index is 0.207.